The summed E-state index contributed by atoms with van der Waals surface area (Å²) in [6.45, 7) is 14.4. The summed E-state index contributed by atoms with van der Waals surface area (Å²) in [6, 6.07) is 0.469. The van der Waals surface area contributed by atoms with Crippen molar-refractivity contribution in [3.8, 4) is 0 Å². The van der Waals surface area contributed by atoms with Crippen LogP contribution in [0.3, 0.4) is 0 Å². The minimum atomic E-state index is -0.464. The molecule has 1 unspecified atom stereocenters. The molecule has 8 nitrogen and oxygen atoms in total. The highest BCUT2D eigenvalue weighted by atomic mass is 127. The normalized spacial score (nSPS) is 17.6. The summed E-state index contributed by atoms with van der Waals surface area (Å²) in [5.74, 6) is 0.795. The van der Waals surface area contributed by atoms with Gasteiger partial charge in [0.1, 0.15) is 5.60 Å². The van der Waals surface area contributed by atoms with E-state index >= 15 is 0 Å². The molecule has 0 aliphatic carbocycles. The molecule has 0 saturated carbocycles. The molecule has 1 aliphatic heterocycles. The number of amides is 1. The van der Waals surface area contributed by atoms with Crippen LogP contribution in [0.25, 0.3) is 0 Å². The van der Waals surface area contributed by atoms with E-state index in [0.29, 0.717) is 12.6 Å². The summed E-state index contributed by atoms with van der Waals surface area (Å²) in [5.41, 5.74) is -0.464. The second-order valence-corrected chi connectivity index (χ2v) is 7.85. The number of rotatable bonds is 7. The molecule has 1 saturated heterocycles. The maximum atomic E-state index is 11.6. The average molecular weight is 498 g/mol. The van der Waals surface area contributed by atoms with E-state index in [2.05, 4.69) is 44.7 Å². The second-order valence-electron chi connectivity index (χ2n) is 7.85. The first-order chi connectivity index (χ1) is 12.2. The number of carbonyl (C=O) groups excluding carboxylic acids is 1. The Balaban J connectivity index is 0.00000676. The number of aliphatic imine (C=N–C) groups is 1. The third-order valence-corrected chi connectivity index (χ3v) is 4.26. The van der Waals surface area contributed by atoms with E-state index in [1.165, 1.54) is 0 Å². The Kier molecular flexibility index (Phi) is 13.0. The number of nitrogens with one attached hydrogen (secondary N) is 3. The fourth-order valence-electron chi connectivity index (χ4n) is 2.66. The molecule has 0 aromatic carbocycles. The fraction of sp³-hybridized carbons (Fsp3) is 0.889. The van der Waals surface area contributed by atoms with E-state index in [1.54, 1.807) is 7.05 Å². The first-order valence-electron chi connectivity index (χ1n) is 9.55. The van der Waals surface area contributed by atoms with Crippen LogP contribution in [0.15, 0.2) is 4.99 Å². The van der Waals surface area contributed by atoms with Crippen LogP contribution in [0.1, 0.15) is 34.1 Å². The smallest absolute Gasteiger partial charge is 0.407 e. The van der Waals surface area contributed by atoms with Gasteiger partial charge in [0.2, 0.25) is 0 Å². The lowest BCUT2D eigenvalue weighted by Crippen LogP contribution is -2.52. The van der Waals surface area contributed by atoms with E-state index < -0.39 is 5.60 Å². The lowest BCUT2D eigenvalue weighted by molar-refractivity contribution is 0.0527. The minimum absolute atomic E-state index is 0. The number of guanidine groups is 1. The molecule has 1 fully saturated rings. The molecule has 1 heterocycles. The summed E-state index contributed by atoms with van der Waals surface area (Å²) in [4.78, 5) is 20.7. The van der Waals surface area contributed by atoms with Crippen LogP contribution in [-0.2, 0) is 4.74 Å². The summed E-state index contributed by atoms with van der Waals surface area (Å²) in [5, 5.41) is 9.41. The van der Waals surface area contributed by atoms with E-state index in [4.69, 9.17) is 4.74 Å². The monoisotopic (exact) mass is 498 g/mol. The number of halogens is 1. The van der Waals surface area contributed by atoms with Crippen molar-refractivity contribution in [1.29, 1.82) is 0 Å². The van der Waals surface area contributed by atoms with Crippen molar-refractivity contribution < 1.29 is 9.53 Å². The Hall–Kier alpha value is -0.810. The topological polar surface area (TPSA) is 81.2 Å². The van der Waals surface area contributed by atoms with Crippen LogP contribution in [0, 0.1) is 0 Å². The molecule has 0 bridgehead atoms. The van der Waals surface area contributed by atoms with Gasteiger partial charge in [0, 0.05) is 58.9 Å². The standard InChI is InChI=1S/C18H38N6O2.HI/c1-15(24-12-10-23(6)11-13-24)14-22-16(19-5)20-8-7-9-21-17(25)26-18(2,3)4;/h15H,7-14H2,1-6H3,(H,21,25)(H2,19,20,22);1H. The predicted octanol–water partition coefficient (Wildman–Crippen LogP) is 1.32. The lowest BCUT2D eigenvalue weighted by Gasteiger charge is -2.36. The van der Waals surface area contributed by atoms with Crippen LogP contribution < -0.4 is 16.0 Å². The van der Waals surface area contributed by atoms with Gasteiger partial charge < -0.3 is 25.6 Å². The van der Waals surface area contributed by atoms with Gasteiger partial charge in [-0.2, -0.15) is 0 Å². The minimum Gasteiger partial charge on any atom is -0.444 e. The van der Waals surface area contributed by atoms with Crippen molar-refractivity contribution >= 4 is 36.0 Å². The third kappa shape index (κ3) is 12.3. The van der Waals surface area contributed by atoms with Gasteiger partial charge in [-0.3, -0.25) is 9.89 Å². The molecule has 160 valence electrons. The summed E-state index contributed by atoms with van der Waals surface area (Å²) in [6.07, 6.45) is 0.425. The number of nitrogens with zero attached hydrogens (tertiary/aromatic N) is 3. The summed E-state index contributed by atoms with van der Waals surface area (Å²) < 4.78 is 5.20. The summed E-state index contributed by atoms with van der Waals surface area (Å²) in [7, 11) is 3.94. The summed E-state index contributed by atoms with van der Waals surface area (Å²) >= 11 is 0. The van der Waals surface area contributed by atoms with Crippen LogP contribution >= 0.6 is 24.0 Å². The highest BCUT2D eigenvalue weighted by molar-refractivity contribution is 14.0. The number of carbonyl (C=O) groups is 1. The SMILES string of the molecule is CN=C(NCCCNC(=O)OC(C)(C)C)NCC(C)N1CCN(C)CC1.I. The molecule has 1 atom stereocenters. The molecule has 1 rings (SSSR count). The number of hydrogen-bond donors (Lipinski definition) is 3. The Morgan fingerprint density at radius 3 is 2.26 bits per heavy atom. The van der Waals surface area contributed by atoms with Gasteiger partial charge in [-0.05, 0) is 41.2 Å². The van der Waals surface area contributed by atoms with Gasteiger partial charge in [-0.1, -0.05) is 0 Å². The van der Waals surface area contributed by atoms with Crippen molar-refractivity contribution in [1.82, 2.24) is 25.8 Å². The first kappa shape index (κ1) is 26.2. The molecule has 3 N–H and O–H groups in total. The number of hydrogen-bond acceptors (Lipinski definition) is 5. The fourth-order valence-corrected chi connectivity index (χ4v) is 2.66. The zero-order chi connectivity index (χ0) is 19.6. The van der Waals surface area contributed by atoms with E-state index in [0.717, 1.165) is 51.6 Å². The van der Waals surface area contributed by atoms with Crippen LogP contribution in [0.4, 0.5) is 4.79 Å². The Labute approximate surface area is 181 Å². The molecule has 1 aliphatic rings. The Bertz CT molecular complexity index is 448. The quantitative estimate of drug-likeness (QED) is 0.213. The Morgan fingerprint density at radius 2 is 1.70 bits per heavy atom. The lowest BCUT2D eigenvalue weighted by atomic mass is 10.2. The maximum absolute atomic E-state index is 11.6. The van der Waals surface area contributed by atoms with Crippen molar-refractivity contribution in [2.75, 3.05) is 59.9 Å². The highest BCUT2D eigenvalue weighted by Crippen LogP contribution is 2.06. The van der Waals surface area contributed by atoms with Gasteiger partial charge >= 0.3 is 6.09 Å². The van der Waals surface area contributed by atoms with Crippen LogP contribution in [0.2, 0.25) is 0 Å². The number of ether oxygens (including phenoxy) is 1. The number of piperazine rings is 1. The molecule has 0 spiro atoms. The molecule has 0 aromatic rings. The molecule has 9 heteroatoms. The maximum Gasteiger partial charge on any atom is 0.407 e. The van der Waals surface area contributed by atoms with Gasteiger partial charge in [0.05, 0.1) is 0 Å². The third-order valence-electron chi connectivity index (χ3n) is 4.26. The van der Waals surface area contributed by atoms with Crippen LogP contribution in [0.5, 0.6) is 0 Å². The number of alkyl carbamates (subject to hydrolysis) is 1. The molecule has 0 aromatic heterocycles. The van der Waals surface area contributed by atoms with Crippen molar-refractivity contribution in [3.63, 3.8) is 0 Å². The van der Waals surface area contributed by atoms with Crippen molar-refractivity contribution in [2.45, 2.75) is 45.8 Å². The highest BCUT2D eigenvalue weighted by Gasteiger charge is 2.19. The molecule has 0 radical (unpaired) electrons. The first-order valence-corrected chi connectivity index (χ1v) is 9.55. The molecular formula is C18H39IN6O2. The van der Waals surface area contributed by atoms with E-state index in [-0.39, 0.29) is 30.1 Å². The second kappa shape index (κ2) is 13.4. The molecule has 1 amide bonds. The van der Waals surface area contributed by atoms with E-state index in [1.807, 2.05) is 20.8 Å². The molecule has 27 heavy (non-hydrogen) atoms. The van der Waals surface area contributed by atoms with Gasteiger partial charge in [-0.15, -0.1) is 24.0 Å². The average Bonchev–Trinajstić information content (AvgIpc) is 2.56. The van der Waals surface area contributed by atoms with Crippen molar-refractivity contribution in [2.24, 2.45) is 4.99 Å². The van der Waals surface area contributed by atoms with E-state index in [9.17, 15) is 4.79 Å². The number of likely N-dealkylation sites (N-methyl/N-ethyl adjacent to an activating group) is 1. The van der Waals surface area contributed by atoms with Crippen molar-refractivity contribution in [3.05, 3.63) is 0 Å². The Morgan fingerprint density at radius 1 is 1.11 bits per heavy atom. The van der Waals surface area contributed by atoms with Crippen LogP contribution in [-0.4, -0.2) is 93.4 Å². The van der Waals surface area contributed by atoms with Gasteiger partial charge in [0.15, 0.2) is 5.96 Å². The zero-order valence-corrected chi connectivity index (χ0v) is 20.1. The van der Waals surface area contributed by atoms with Gasteiger partial charge in [0.25, 0.3) is 0 Å². The largest absolute Gasteiger partial charge is 0.444 e. The zero-order valence-electron chi connectivity index (χ0n) is 17.8. The van der Waals surface area contributed by atoms with Gasteiger partial charge in [-0.25, -0.2) is 4.79 Å². The molecular weight excluding hydrogens is 459 g/mol. The predicted molar refractivity (Wildman–Crippen MR) is 122 cm³/mol.